The van der Waals surface area contributed by atoms with Gasteiger partial charge in [0.2, 0.25) is 0 Å². The van der Waals surface area contributed by atoms with Crippen molar-refractivity contribution in [2.75, 3.05) is 0 Å². The molecule has 0 saturated carbocycles. The molecule has 1 N–H and O–H groups in total. The van der Waals surface area contributed by atoms with E-state index in [1.54, 1.807) is 0 Å². The second kappa shape index (κ2) is 12.6. The quantitative estimate of drug-likeness (QED) is 0.191. The summed E-state index contributed by atoms with van der Waals surface area (Å²) in [4.78, 5) is 10.2. The van der Waals surface area contributed by atoms with Crippen LogP contribution in [0.4, 0.5) is 0 Å². The van der Waals surface area contributed by atoms with Crippen molar-refractivity contribution in [3.8, 4) is 16.8 Å². The van der Waals surface area contributed by atoms with Crippen molar-refractivity contribution < 1.29 is 4.42 Å². The number of rotatable bonds is 5. The fourth-order valence-corrected chi connectivity index (χ4v) is 9.93. The summed E-state index contributed by atoms with van der Waals surface area (Å²) in [6.07, 6.45) is -0.313. The van der Waals surface area contributed by atoms with E-state index in [0.717, 1.165) is 61.6 Å². The maximum Gasteiger partial charge on any atom is 0.159 e. The van der Waals surface area contributed by atoms with Crippen molar-refractivity contribution in [1.82, 2.24) is 9.88 Å². The second-order valence-electron chi connectivity index (χ2n) is 14.6. The van der Waals surface area contributed by atoms with Crippen molar-refractivity contribution in [1.29, 1.82) is 0 Å². The molecule has 6 heteroatoms. The highest BCUT2D eigenvalue weighted by atomic mass is 32.1. The maximum atomic E-state index is 6.59. The Balaban J connectivity index is 0.971. The Morgan fingerprint density at radius 3 is 2.02 bits per heavy atom. The molecule has 3 aromatic heterocycles. The molecule has 1 atom stereocenters. The van der Waals surface area contributed by atoms with Gasteiger partial charge in [-0.05, 0) is 59.7 Å². The van der Waals surface area contributed by atoms with Crippen LogP contribution in [-0.2, 0) is 0 Å². The molecule has 0 radical (unpaired) electrons. The van der Waals surface area contributed by atoms with Crippen LogP contribution in [0.3, 0.4) is 0 Å². The van der Waals surface area contributed by atoms with Crippen molar-refractivity contribution in [2.24, 2.45) is 9.98 Å². The van der Waals surface area contributed by atoms with Crippen LogP contribution in [-0.4, -0.2) is 16.2 Å². The summed E-state index contributed by atoms with van der Waals surface area (Å²) in [6, 6.07) is 64.3. The van der Waals surface area contributed by atoms with Gasteiger partial charge in [-0.3, -0.25) is 0 Å². The summed E-state index contributed by atoms with van der Waals surface area (Å²) in [7, 11) is 0. The molecule has 0 saturated heterocycles. The molecule has 268 valence electrons. The number of amidine groups is 2. The number of aromatic nitrogens is 1. The highest BCUT2D eigenvalue weighted by Gasteiger charge is 2.24. The Labute approximate surface area is 331 Å². The first-order valence-corrected chi connectivity index (χ1v) is 20.0. The molecule has 0 amide bonds. The molecular weight excluding hydrogens is 717 g/mol. The lowest BCUT2D eigenvalue weighted by Gasteiger charge is -2.24. The Kier molecular flexibility index (Phi) is 7.09. The van der Waals surface area contributed by atoms with Crippen molar-refractivity contribution in [3.05, 3.63) is 199 Å². The van der Waals surface area contributed by atoms with Crippen LogP contribution < -0.4 is 5.32 Å². The number of nitrogens with zero attached hydrogens (tertiary/aromatic N) is 3. The standard InChI is InChI=1S/C51H32N4OS/c1-3-13-31(14-4-1)49-52-50(32-15-5-2-6-16-32)54-51(53-49)40-21-11-20-39-47-35(19-12-24-46(47)57-48(39)40)33-25-27-38-41-30-34(26-28-44(41)56-45(38)29-33)55-42-22-9-7-17-36(42)37-18-8-10-23-43(37)55/h1-30,51H,(H,52,53,54). The minimum atomic E-state index is -0.313. The minimum Gasteiger partial charge on any atom is -0.456 e. The number of aliphatic imine (C=N–C) groups is 2. The lowest BCUT2D eigenvalue weighted by Crippen LogP contribution is -2.33. The van der Waals surface area contributed by atoms with Gasteiger partial charge in [-0.25, -0.2) is 9.98 Å². The minimum absolute atomic E-state index is 0.313. The second-order valence-corrected chi connectivity index (χ2v) is 15.6. The van der Waals surface area contributed by atoms with Gasteiger partial charge in [-0.2, -0.15) is 0 Å². The van der Waals surface area contributed by atoms with Gasteiger partial charge < -0.3 is 14.3 Å². The van der Waals surface area contributed by atoms with Gasteiger partial charge in [0.1, 0.15) is 23.2 Å². The number of hydrogen-bond acceptors (Lipinski definition) is 5. The Hall–Kier alpha value is -7.28. The van der Waals surface area contributed by atoms with Crippen molar-refractivity contribution >= 4 is 86.9 Å². The van der Waals surface area contributed by atoms with Gasteiger partial charge in [-0.1, -0.05) is 133 Å². The average molecular weight is 749 g/mol. The molecule has 0 fully saturated rings. The van der Waals surface area contributed by atoms with E-state index in [2.05, 4.69) is 155 Å². The largest absolute Gasteiger partial charge is 0.456 e. The summed E-state index contributed by atoms with van der Waals surface area (Å²) in [5.41, 5.74) is 10.7. The highest BCUT2D eigenvalue weighted by Crippen LogP contribution is 2.44. The van der Waals surface area contributed by atoms with Crippen LogP contribution in [0.25, 0.3) is 80.7 Å². The first-order chi connectivity index (χ1) is 28.2. The number of furan rings is 1. The van der Waals surface area contributed by atoms with Crippen LogP contribution in [0.5, 0.6) is 0 Å². The van der Waals surface area contributed by atoms with Gasteiger partial charge in [0.25, 0.3) is 0 Å². The van der Waals surface area contributed by atoms with E-state index in [0.29, 0.717) is 0 Å². The average Bonchev–Trinajstić information content (AvgIpc) is 3.96. The zero-order valence-corrected chi connectivity index (χ0v) is 31.4. The summed E-state index contributed by atoms with van der Waals surface area (Å²) in [5, 5.41) is 10.9. The van der Waals surface area contributed by atoms with Crippen molar-refractivity contribution in [2.45, 2.75) is 6.17 Å². The first kappa shape index (κ1) is 32.0. The summed E-state index contributed by atoms with van der Waals surface area (Å²) in [6.45, 7) is 0. The predicted molar refractivity (Wildman–Crippen MR) is 238 cm³/mol. The molecule has 8 aromatic carbocycles. The number of para-hydroxylation sites is 2. The zero-order chi connectivity index (χ0) is 37.5. The Bertz CT molecular complexity index is 3390. The molecule has 57 heavy (non-hydrogen) atoms. The molecule has 1 aliphatic rings. The summed E-state index contributed by atoms with van der Waals surface area (Å²) < 4.78 is 11.4. The monoisotopic (exact) mass is 748 g/mol. The SMILES string of the molecule is c1ccc(C2=NC(c3cccc4c3sc3cccc(-c5ccc6c(c5)oc5ccc(-n7c8ccccc8c8ccccc87)cc56)c34)NC(c3ccccc3)=N2)cc1. The molecule has 5 nitrogen and oxygen atoms in total. The fourth-order valence-electron chi connectivity index (χ4n) is 8.67. The maximum absolute atomic E-state index is 6.59. The van der Waals surface area contributed by atoms with Gasteiger partial charge in [-0.15, -0.1) is 11.3 Å². The van der Waals surface area contributed by atoms with E-state index < -0.39 is 0 Å². The molecule has 1 aliphatic heterocycles. The van der Waals surface area contributed by atoms with Crippen molar-refractivity contribution in [3.63, 3.8) is 0 Å². The van der Waals surface area contributed by atoms with E-state index in [1.807, 2.05) is 47.7 Å². The number of fused-ring (bicyclic) bond motifs is 9. The third-order valence-corrected chi connectivity index (χ3v) is 12.5. The van der Waals surface area contributed by atoms with E-state index in [1.165, 1.54) is 47.5 Å². The number of hydrogen-bond donors (Lipinski definition) is 1. The molecule has 0 aliphatic carbocycles. The van der Waals surface area contributed by atoms with Crippen LogP contribution in [0.2, 0.25) is 0 Å². The number of benzene rings is 8. The van der Waals surface area contributed by atoms with Crippen LogP contribution in [0.1, 0.15) is 22.9 Å². The summed E-state index contributed by atoms with van der Waals surface area (Å²) >= 11 is 1.82. The fraction of sp³-hybridized carbons (Fsp3) is 0.0196. The van der Waals surface area contributed by atoms with Crippen LogP contribution >= 0.6 is 11.3 Å². The lowest BCUT2D eigenvalue weighted by atomic mass is 9.97. The molecule has 0 spiro atoms. The lowest BCUT2D eigenvalue weighted by molar-refractivity contribution is 0.669. The molecule has 0 bridgehead atoms. The smallest absolute Gasteiger partial charge is 0.159 e. The topological polar surface area (TPSA) is 54.8 Å². The number of nitrogens with one attached hydrogen (secondary N) is 1. The third-order valence-electron chi connectivity index (χ3n) is 11.3. The summed E-state index contributed by atoms with van der Waals surface area (Å²) in [5.74, 6) is 1.54. The van der Waals surface area contributed by atoms with E-state index in [4.69, 9.17) is 14.4 Å². The van der Waals surface area contributed by atoms with E-state index in [-0.39, 0.29) is 6.17 Å². The van der Waals surface area contributed by atoms with E-state index in [9.17, 15) is 0 Å². The Morgan fingerprint density at radius 1 is 0.526 bits per heavy atom. The van der Waals surface area contributed by atoms with Gasteiger partial charge in [0.05, 0.1) is 11.0 Å². The normalized spacial score (nSPS) is 14.5. The van der Waals surface area contributed by atoms with Crippen LogP contribution in [0.15, 0.2) is 196 Å². The van der Waals surface area contributed by atoms with Gasteiger partial charge >= 0.3 is 0 Å². The third kappa shape index (κ3) is 5.08. The van der Waals surface area contributed by atoms with Crippen LogP contribution in [0, 0.1) is 0 Å². The molecule has 12 rings (SSSR count). The van der Waals surface area contributed by atoms with Gasteiger partial charge in [0.15, 0.2) is 5.84 Å². The molecular formula is C51H32N4OS. The first-order valence-electron chi connectivity index (χ1n) is 19.2. The molecule has 1 unspecified atom stereocenters. The van der Waals surface area contributed by atoms with Gasteiger partial charge in [0, 0.05) is 64.1 Å². The Morgan fingerprint density at radius 2 is 1.23 bits per heavy atom. The molecule has 4 heterocycles. The van der Waals surface area contributed by atoms with E-state index >= 15 is 0 Å². The number of thiophene rings is 1. The highest BCUT2D eigenvalue weighted by molar-refractivity contribution is 7.26. The molecule has 11 aromatic rings. The zero-order valence-electron chi connectivity index (χ0n) is 30.6. The predicted octanol–water partition coefficient (Wildman–Crippen LogP) is 13.2.